The molecule has 0 aliphatic carbocycles. The van der Waals surface area contributed by atoms with Crippen LogP contribution in [0.25, 0.3) is 0 Å². The van der Waals surface area contributed by atoms with Gasteiger partial charge >= 0.3 is 16.8 Å². The minimum Gasteiger partial charge on any atom is -0.769 e. The van der Waals surface area contributed by atoms with Gasteiger partial charge in [0.25, 0.3) is 0 Å². The molecule has 0 amide bonds. The second-order valence-corrected chi connectivity index (χ2v) is 28.8. The fourth-order valence-corrected chi connectivity index (χ4v) is 15.1. The molecule has 474 valence electrons. The van der Waals surface area contributed by atoms with Gasteiger partial charge in [-0.2, -0.15) is 0 Å². The molecule has 0 heterocycles. The van der Waals surface area contributed by atoms with Crippen LogP contribution in [0.15, 0.2) is 72.8 Å². The van der Waals surface area contributed by atoms with Crippen molar-refractivity contribution in [3.63, 3.8) is 0 Å². The van der Waals surface area contributed by atoms with Crippen LogP contribution in [0.1, 0.15) is 291 Å². The molecule has 0 N–H and O–H groups in total. The van der Waals surface area contributed by atoms with Crippen molar-refractivity contribution in [2.45, 2.75) is 293 Å². The first-order valence-electron chi connectivity index (χ1n) is 33.3. The summed E-state index contributed by atoms with van der Waals surface area (Å²) in [5.41, 5.74) is 3.77. The van der Waals surface area contributed by atoms with Crippen molar-refractivity contribution in [1.29, 1.82) is 0 Å². The van der Waals surface area contributed by atoms with E-state index >= 15 is 0 Å². The zero-order valence-electron chi connectivity index (χ0n) is 53.6. The summed E-state index contributed by atoms with van der Waals surface area (Å²) in [5, 5.41) is 0. The predicted octanol–water partition coefficient (Wildman–Crippen LogP) is 21.4. The van der Waals surface area contributed by atoms with Crippen molar-refractivity contribution < 1.29 is 58.7 Å². The summed E-state index contributed by atoms with van der Waals surface area (Å²) in [7, 11) is -11.5. The smallest absolute Gasteiger partial charge is 0.769 e. The number of hydrogen-bond donors (Lipinski definition) is 0. The Balaban J connectivity index is 0.00000119. The summed E-state index contributed by atoms with van der Waals surface area (Å²) in [5.74, 6) is 1.94. The Morgan fingerprint density at radius 3 is 0.695 bits per heavy atom. The van der Waals surface area contributed by atoms with Gasteiger partial charge in [0.05, 0.1) is 0 Å². The van der Waals surface area contributed by atoms with Crippen LogP contribution in [0, 0.1) is 17.8 Å². The SMILES string of the molecule is CCCCCCCCCc1ccc(OP(=O)([O-])CC(CC)CCCC)cc1.CCCCCCCCCc1ccc(OP(=O)([O-])CC(CC)CCCC)cc1.CCCCCCCCCc1ccc(OP(=O)([O-])CC(CC)CCCC)cc1.[Co+3]. The normalized spacial score (nSPS) is 14.5. The van der Waals surface area contributed by atoms with Gasteiger partial charge in [-0.3, -0.25) is 13.7 Å². The Kier molecular flexibility index (Phi) is 50.0. The largest absolute Gasteiger partial charge is 3.00 e. The van der Waals surface area contributed by atoms with Crippen molar-refractivity contribution in [3.05, 3.63) is 89.5 Å². The fourth-order valence-electron chi connectivity index (χ4n) is 10.3. The molecule has 0 aromatic heterocycles. The van der Waals surface area contributed by atoms with Crippen LogP contribution in [0.4, 0.5) is 0 Å². The van der Waals surface area contributed by atoms with Crippen molar-refractivity contribution >= 4 is 22.8 Å². The van der Waals surface area contributed by atoms with Gasteiger partial charge in [-0.1, -0.05) is 272 Å². The summed E-state index contributed by atoms with van der Waals surface area (Å²) in [6, 6.07) is 22.8. The van der Waals surface area contributed by atoms with E-state index in [9.17, 15) is 28.4 Å². The van der Waals surface area contributed by atoms with Crippen LogP contribution in [0.3, 0.4) is 0 Å². The van der Waals surface area contributed by atoms with E-state index in [1.54, 1.807) is 36.4 Å². The standard InChI is InChI=1S/3C23H41O3P.Co/c3*1-4-7-9-10-11-12-13-15-22-16-18-23(19-17-22)26-27(24,25)20-21(6-3)14-8-5-2;/h3*16-19,21H,4-15,20H2,1-3H3,(H,24,25);/q;;;+3/p-3. The molecule has 82 heavy (non-hydrogen) atoms. The van der Waals surface area contributed by atoms with E-state index in [0.717, 1.165) is 96.3 Å². The number of unbranched alkanes of at least 4 members (excludes halogenated alkanes) is 21. The molecule has 0 bridgehead atoms. The topological polar surface area (TPSA) is 148 Å². The van der Waals surface area contributed by atoms with Crippen LogP contribution >= 0.6 is 22.8 Å². The molecular weight excluding hydrogens is 1120 g/mol. The van der Waals surface area contributed by atoms with Gasteiger partial charge in [-0.25, -0.2) is 0 Å². The third kappa shape index (κ3) is 43.7. The molecule has 3 aromatic rings. The summed E-state index contributed by atoms with van der Waals surface area (Å²) >= 11 is 0. The van der Waals surface area contributed by atoms with E-state index in [0.29, 0.717) is 17.2 Å². The number of hydrogen-bond acceptors (Lipinski definition) is 9. The molecule has 6 unspecified atom stereocenters. The third-order valence-electron chi connectivity index (χ3n) is 15.8. The number of aryl methyl sites for hydroxylation is 3. The first kappa shape index (κ1) is 80.1. The second-order valence-electron chi connectivity index (χ2n) is 23.4. The van der Waals surface area contributed by atoms with Crippen molar-refractivity contribution in [1.82, 2.24) is 0 Å². The molecule has 3 rings (SSSR count). The van der Waals surface area contributed by atoms with Gasteiger partial charge < -0.3 is 28.3 Å². The molecule has 0 aliphatic rings. The third-order valence-corrected chi connectivity index (χ3v) is 20.1. The Morgan fingerprint density at radius 2 is 0.500 bits per heavy atom. The Labute approximate surface area is 515 Å². The molecule has 3 aromatic carbocycles. The van der Waals surface area contributed by atoms with E-state index in [2.05, 4.69) is 62.3 Å². The van der Waals surface area contributed by atoms with Gasteiger partial charge in [0.2, 0.25) is 0 Å². The first-order chi connectivity index (χ1) is 39.0. The van der Waals surface area contributed by atoms with E-state index in [4.69, 9.17) is 13.6 Å². The van der Waals surface area contributed by atoms with Crippen molar-refractivity contribution in [3.8, 4) is 17.2 Å². The summed E-state index contributed by atoms with van der Waals surface area (Å²) in [6.45, 7) is 19.3. The van der Waals surface area contributed by atoms with Crippen LogP contribution in [-0.2, 0) is 49.7 Å². The van der Waals surface area contributed by atoms with E-state index in [1.807, 2.05) is 36.4 Å². The molecule has 6 atom stereocenters. The maximum atomic E-state index is 12.3. The first-order valence-corrected chi connectivity index (χ1v) is 38.5. The van der Waals surface area contributed by atoms with Gasteiger partial charge in [0.15, 0.2) is 22.8 Å². The summed E-state index contributed by atoms with van der Waals surface area (Å²) in [4.78, 5) is 37.0. The van der Waals surface area contributed by atoms with Crippen LogP contribution in [0.5, 0.6) is 17.2 Å². The predicted molar refractivity (Wildman–Crippen MR) is 344 cm³/mol. The quantitative estimate of drug-likeness (QED) is 0.0398. The van der Waals surface area contributed by atoms with Crippen molar-refractivity contribution in [2.24, 2.45) is 17.8 Å². The van der Waals surface area contributed by atoms with Gasteiger partial charge in [0, 0.05) is 18.5 Å². The molecule has 0 saturated carbocycles. The summed E-state index contributed by atoms with van der Waals surface area (Å²) < 4.78 is 53.1. The average molecular weight is 1250 g/mol. The Bertz CT molecular complexity index is 1820. The molecule has 13 heteroatoms. The van der Waals surface area contributed by atoms with Crippen LogP contribution in [0.2, 0.25) is 0 Å². The van der Waals surface area contributed by atoms with Crippen molar-refractivity contribution in [2.75, 3.05) is 18.5 Å². The van der Waals surface area contributed by atoms with E-state index in [-0.39, 0.29) is 53.0 Å². The van der Waals surface area contributed by atoms with Gasteiger partial charge in [-0.05, 0) is 129 Å². The minimum absolute atomic E-state index is 0. The second kappa shape index (κ2) is 51.2. The molecule has 0 aliphatic heterocycles. The van der Waals surface area contributed by atoms with E-state index in [1.165, 1.54) is 152 Å². The molecule has 9 nitrogen and oxygen atoms in total. The fraction of sp³-hybridized carbons (Fsp3) is 0.739. The monoisotopic (exact) mass is 1240 g/mol. The van der Waals surface area contributed by atoms with Crippen LogP contribution in [-0.4, -0.2) is 18.5 Å². The Hall–Kier alpha value is -1.86. The zero-order chi connectivity index (χ0) is 59.9. The maximum absolute atomic E-state index is 12.3. The zero-order valence-corrected chi connectivity index (χ0v) is 57.3. The van der Waals surface area contributed by atoms with Gasteiger partial charge in [0.1, 0.15) is 17.2 Å². The minimum atomic E-state index is -3.83. The van der Waals surface area contributed by atoms with Crippen LogP contribution < -0.4 is 28.3 Å². The maximum Gasteiger partial charge on any atom is 3.00 e. The summed E-state index contributed by atoms with van der Waals surface area (Å²) in [6.07, 6.45) is 43.0. The van der Waals surface area contributed by atoms with E-state index < -0.39 is 22.8 Å². The Morgan fingerprint density at radius 1 is 0.305 bits per heavy atom. The van der Waals surface area contributed by atoms with Gasteiger partial charge in [-0.15, -0.1) is 0 Å². The average Bonchev–Trinajstić information content (AvgIpc) is 3.45. The molecular formula is C69H120CoO9P3. The molecule has 0 saturated heterocycles. The number of benzene rings is 3. The number of rotatable bonds is 48. The molecule has 0 radical (unpaired) electrons. The molecule has 0 spiro atoms. The molecule has 0 fully saturated rings.